The molecule has 0 aromatic rings. The molecular weight excluding hydrogens is 125 g/mol. The molecular formula is C6H12LiNO2. The molecule has 0 radical (unpaired) electrons. The van der Waals surface area contributed by atoms with Gasteiger partial charge in [0.05, 0.1) is 0 Å². The number of hydrogen-bond acceptors (Lipinski definition) is 2. The number of nitrogens with one attached hydrogen (secondary N) is 1. The van der Waals surface area contributed by atoms with E-state index in [9.17, 15) is 0 Å². The molecule has 0 saturated carbocycles. The van der Waals surface area contributed by atoms with E-state index in [1.807, 2.05) is 0 Å². The molecule has 2 N–H and O–H groups in total. The normalized spacial score (nSPS) is 24.4. The first-order chi connectivity index (χ1) is 4.81. The standard InChI is InChI=1S/C5H10N.CH2O2.Li/c1-2-4-6-5-3-1;2-1-3;/h2,6H,1,3-5H2;1H,(H,2,3);. The van der Waals surface area contributed by atoms with Crippen LogP contribution in [0.5, 0.6) is 0 Å². The van der Waals surface area contributed by atoms with Crippen LogP contribution in [0.2, 0.25) is 4.59 Å². The van der Waals surface area contributed by atoms with E-state index in [1.54, 1.807) is 0 Å². The third-order valence-corrected chi connectivity index (χ3v) is 1.54. The van der Waals surface area contributed by atoms with Crippen molar-refractivity contribution in [3.05, 3.63) is 0 Å². The van der Waals surface area contributed by atoms with Crippen molar-refractivity contribution in [2.45, 2.75) is 17.4 Å². The first-order valence-electron chi connectivity index (χ1n) is 3.59. The Morgan fingerprint density at radius 1 is 1.70 bits per heavy atom. The minimum atomic E-state index is -0.250. The Balaban J connectivity index is 0.000000236. The molecule has 0 aliphatic carbocycles. The Hall–Kier alpha value is 0.0274. The fraction of sp³-hybridized carbons (Fsp3) is 0.833. The van der Waals surface area contributed by atoms with Crippen LogP contribution in [0.3, 0.4) is 0 Å². The number of carboxylic acid groups (broad SMARTS) is 1. The molecule has 0 spiro atoms. The summed E-state index contributed by atoms with van der Waals surface area (Å²) in [6.45, 7) is 2.23. The van der Waals surface area contributed by atoms with Gasteiger partial charge in [-0.25, -0.2) is 0 Å². The molecule has 10 heavy (non-hydrogen) atoms. The predicted molar refractivity (Wildman–Crippen MR) is 40.3 cm³/mol. The average Bonchev–Trinajstić information content (AvgIpc) is 1.91. The fourth-order valence-corrected chi connectivity index (χ4v) is 1.03. The predicted octanol–water partition coefficient (Wildman–Crippen LogP) is 0.0276. The number of hydrogen-bond donors (Lipinski definition) is 2. The van der Waals surface area contributed by atoms with Gasteiger partial charge in [-0.1, -0.05) is 0 Å². The van der Waals surface area contributed by atoms with Gasteiger partial charge in [-0.3, -0.25) is 4.79 Å². The van der Waals surface area contributed by atoms with Crippen molar-refractivity contribution >= 4 is 24.2 Å². The van der Waals surface area contributed by atoms with E-state index >= 15 is 0 Å². The molecule has 1 aliphatic heterocycles. The number of carbonyl (C=O) groups is 1. The molecule has 1 fully saturated rings. The zero-order valence-electron chi connectivity index (χ0n) is 6.34. The zero-order valence-corrected chi connectivity index (χ0v) is 6.34. The first kappa shape index (κ1) is 10.0. The van der Waals surface area contributed by atoms with E-state index < -0.39 is 0 Å². The summed E-state index contributed by atoms with van der Waals surface area (Å²) in [6, 6.07) is 0. The van der Waals surface area contributed by atoms with Crippen molar-refractivity contribution in [2.24, 2.45) is 0 Å². The van der Waals surface area contributed by atoms with Gasteiger partial charge in [0.25, 0.3) is 6.47 Å². The number of rotatable bonds is 0. The van der Waals surface area contributed by atoms with Gasteiger partial charge in [0.1, 0.15) is 0 Å². The summed E-state index contributed by atoms with van der Waals surface area (Å²) in [5.74, 6) is 0. The summed E-state index contributed by atoms with van der Waals surface area (Å²) in [7, 11) is 0. The van der Waals surface area contributed by atoms with Gasteiger partial charge >= 0.3 is 53.6 Å². The second-order valence-electron chi connectivity index (χ2n) is 2.56. The van der Waals surface area contributed by atoms with Crippen LogP contribution in [0.15, 0.2) is 0 Å². The van der Waals surface area contributed by atoms with Crippen molar-refractivity contribution in [2.75, 3.05) is 13.1 Å². The molecule has 1 heterocycles. The van der Waals surface area contributed by atoms with Gasteiger partial charge in [-0.15, -0.1) is 0 Å². The Bertz CT molecular complexity index is 83.8. The molecule has 0 amide bonds. The van der Waals surface area contributed by atoms with Gasteiger partial charge in [0.15, 0.2) is 0 Å². The molecule has 0 bridgehead atoms. The van der Waals surface area contributed by atoms with Crippen molar-refractivity contribution in [1.82, 2.24) is 5.32 Å². The van der Waals surface area contributed by atoms with Crippen LogP contribution < -0.4 is 5.32 Å². The van der Waals surface area contributed by atoms with Crippen LogP contribution in [-0.2, 0) is 4.79 Å². The van der Waals surface area contributed by atoms with Crippen molar-refractivity contribution < 1.29 is 9.90 Å². The van der Waals surface area contributed by atoms with E-state index in [-0.39, 0.29) is 6.47 Å². The van der Waals surface area contributed by atoms with Crippen LogP contribution in [0.1, 0.15) is 12.8 Å². The van der Waals surface area contributed by atoms with Crippen LogP contribution >= 0.6 is 0 Å². The Morgan fingerprint density at radius 2 is 2.30 bits per heavy atom. The van der Waals surface area contributed by atoms with Gasteiger partial charge in [0.2, 0.25) is 0 Å². The summed E-state index contributed by atoms with van der Waals surface area (Å²) >= 11 is 2.30. The van der Waals surface area contributed by atoms with E-state index in [2.05, 4.69) is 23.0 Å². The van der Waals surface area contributed by atoms with Gasteiger partial charge in [-0.2, -0.15) is 0 Å². The maximum atomic E-state index is 8.36. The molecule has 1 saturated heterocycles. The monoisotopic (exact) mass is 137 g/mol. The average molecular weight is 137 g/mol. The molecule has 0 aromatic heterocycles. The molecule has 0 aromatic carbocycles. The Morgan fingerprint density at radius 3 is 2.50 bits per heavy atom. The summed E-state index contributed by atoms with van der Waals surface area (Å²) in [5.41, 5.74) is 0. The maximum absolute atomic E-state index is 8.36. The SMILES string of the molecule is O=CO.[Li][CH]1CCCNC1. The topological polar surface area (TPSA) is 49.3 Å². The third-order valence-electron chi connectivity index (χ3n) is 1.54. The summed E-state index contributed by atoms with van der Waals surface area (Å²) in [6.07, 6.45) is 2.80. The summed E-state index contributed by atoms with van der Waals surface area (Å²) in [4.78, 5) is 8.36. The van der Waals surface area contributed by atoms with E-state index in [1.165, 1.54) is 25.9 Å². The molecule has 1 rings (SSSR count). The van der Waals surface area contributed by atoms with E-state index in [0.717, 1.165) is 4.59 Å². The second kappa shape index (κ2) is 7.14. The van der Waals surface area contributed by atoms with E-state index in [4.69, 9.17) is 9.90 Å². The van der Waals surface area contributed by atoms with E-state index in [0.29, 0.717) is 0 Å². The quantitative estimate of drug-likeness (QED) is 0.365. The summed E-state index contributed by atoms with van der Waals surface area (Å²) < 4.78 is 0.925. The van der Waals surface area contributed by atoms with Gasteiger partial charge in [0, 0.05) is 0 Å². The van der Waals surface area contributed by atoms with Crippen LogP contribution in [0.25, 0.3) is 0 Å². The molecule has 1 unspecified atom stereocenters. The van der Waals surface area contributed by atoms with Gasteiger partial charge < -0.3 is 5.11 Å². The molecule has 1 aliphatic rings. The van der Waals surface area contributed by atoms with Crippen LogP contribution in [-0.4, -0.2) is 42.4 Å². The minimum absolute atomic E-state index is 0.250. The van der Waals surface area contributed by atoms with Crippen LogP contribution in [0, 0.1) is 0 Å². The van der Waals surface area contributed by atoms with Gasteiger partial charge in [-0.05, 0) is 0 Å². The second-order valence-corrected chi connectivity index (χ2v) is 2.56. The molecule has 3 nitrogen and oxygen atoms in total. The van der Waals surface area contributed by atoms with Crippen molar-refractivity contribution in [1.29, 1.82) is 0 Å². The fourth-order valence-electron chi connectivity index (χ4n) is 1.03. The van der Waals surface area contributed by atoms with Crippen molar-refractivity contribution in [3.63, 3.8) is 0 Å². The zero-order chi connectivity index (χ0) is 7.82. The third kappa shape index (κ3) is 6.15. The molecule has 4 heteroatoms. The number of piperidine rings is 1. The Labute approximate surface area is 70.4 Å². The molecule has 1 atom stereocenters. The van der Waals surface area contributed by atoms with Crippen LogP contribution in [0.4, 0.5) is 0 Å². The van der Waals surface area contributed by atoms with Crippen molar-refractivity contribution in [3.8, 4) is 0 Å². The first-order valence-corrected chi connectivity index (χ1v) is 3.59. The molecule has 54 valence electrons. The Kier molecular flexibility index (Phi) is 7.16. The summed E-state index contributed by atoms with van der Waals surface area (Å²) in [5, 5.41) is 10.2.